The summed E-state index contributed by atoms with van der Waals surface area (Å²) in [6.07, 6.45) is 6.59. The lowest BCUT2D eigenvalue weighted by Gasteiger charge is -2.24. The van der Waals surface area contributed by atoms with E-state index in [0.29, 0.717) is 12.4 Å². The average Bonchev–Trinajstić information content (AvgIpc) is 3.23. The van der Waals surface area contributed by atoms with Gasteiger partial charge in [-0.1, -0.05) is 12.1 Å². The van der Waals surface area contributed by atoms with E-state index in [0.717, 1.165) is 42.8 Å². The molecule has 1 N–H and O–H groups in total. The molecule has 0 spiro atoms. The third-order valence-corrected chi connectivity index (χ3v) is 4.70. The van der Waals surface area contributed by atoms with Crippen LogP contribution in [0.2, 0.25) is 0 Å². The summed E-state index contributed by atoms with van der Waals surface area (Å²) < 4.78 is 13.5. The van der Waals surface area contributed by atoms with E-state index in [1.807, 2.05) is 22.9 Å². The summed E-state index contributed by atoms with van der Waals surface area (Å²) in [6.45, 7) is 1.10. The molecule has 7 heteroatoms. The van der Waals surface area contributed by atoms with E-state index < -0.39 is 5.97 Å². The van der Waals surface area contributed by atoms with Gasteiger partial charge < -0.3 is 14.6 Å². The lowest BCUT2D eigenvalue weighted by atomic mass is 10.1. The minimum Gasteiger partial charge on any atom is -0.487 e. The van der Waals surface area contributed by atoms with Crippen molar-refractivity contribution in [2.24, 2.45) is 0 Å². The Bertz CT molecular complexity index is 929. The van der Waals surface area contributed by atoms with Crippen molar-refractivity contribution in [3.05, 3.63) is 66.0 Å². The van der Waals surface area contributed by atoms with Gasteiger partial charge in [0, 0.05) is 12.8 Å². The van der Waals surface area contributed by atoms with E-state index in [1.54, 1.807) is 36.7 Å². The van der Waals surface area contributed by atoms with Gasteiger partial charge >= 0.3 is 5.97 Å². The average molecular weight is 379 g/mol. The van der Waals surface area contributed by atoms with Gasteiger partial charge in [0.05, 0.1) is 23.1 Å². The molecule has 0 saturated carbocycles. The quantitative estimate of drug-likeness (QED) is 0.698. The van der Waals surface area contributed by atoms with Crippen molar-refractivity contribution in [3.8, 4) is 17.1 Å². The first-order valence-corrected chi connectivity index (χ1v) is 9.27. The third kappa shape index (κ3) is 4.04. The smallest absolute Gasteiger partial charge is 0.335 e. The van der Waals surface area contributed by atoms with Gasteiger partial charge in [-0.15, -0.1) is 0 Å². The van der Waals surface area contributed by atoms with Gasteiger partial charge in [-0.2, -0.15) is 5.10 Å². The van der Waals surface area contributed by atoms with Gasteiger partial charge in [0.1, 0.15) is 12.4 Å². The number of hydrogen-bond donors (Lipinski definition) is 1. The molecule has 1 aromatic carbocycles. The maximum atomic E-state index is 10.9. The van der Waals surface area contributed by atoms with Crippen LogP contribution in [-0.2, 0) is 11.3 Å². The fourth-order valence-corrected chi connectivity index (χ4v) is 3.19. The van der Waals surface area contributed by atoms with Crippen LogP contribution >= 0.6 is 0 Å². The van der Waals surface area contributed by atoms with E-state index in [2.05, 4.69) is 10.1 Å². The number of carboxylic acids is 1. The Kier molecular flexibility index (Phi) is 5.34. The van der Waals surface area contributed by atoms with Crippen molar-refractivity contribution in [3.63, 3.8) is 0 Å². The standard InChI is InChI=1S/C21H21N3O4/c25-21(26)16-6-4-15(5-7-16)14-28-17-8-9-18(22-13-17)19-10-11-23-24(19)20-3-1-2-12-27-20/h4-11,13,20H,1-3,12,14H2,(H,25,26). The number of nitrogens with zero attached hydrogens (tertiary/aromatic N) is 3. The summed E-state index contributed by atoms with van der Waals surface area (Å²) in [5.41, 5.74) is 2.88. The van der Waals surface area contributed by atoms with Crippen LogP contribution in [0.25, 0.3) is 11.4 Å². The van der Waals surface area contributed by atoms with Gasteiger partial charge in [-0.3, -0.25) is 4.98 Å². The number of aromatic carboxylic acids is 1. The van der Waals surface area contributed by atoms with Crippen molar-refractivity contribution >= 4 is 5.97 Å². The van der Waals surface area contributed by atoms with Crippen LogP contribution in [0.4, 0.5) is 0 Å². The zero-order valence-electron chi connectivity index (χ0n) is 15.3. The Morgan fingerprint density at radius 1 is 1.18 bits per heavy atom. The Morgan fingerprint density at radius 2 is 2.04 bits per heavy atom. The van der Waals surface area contributed by atoms with Crippen LogP contribution in [-0.4, -0.2) is 32.4 Å². The van der Waals surface area contributed by atoms with Gasteiger partial charge in [0.15, 0.2) is 6.23 Å². The largest absolute Gasteiger partial charge is 0.487 e. The molecule has 1 unspecified atom stereocenters. The molecule has 1 saturated heterocycles. The van der Waals surface area contributed by atoms with Crippen molar-refractivity contribution in [2.75, 3.05) is 6.61 Å². The Hall–Kier alpha value is -3.19. The SMILES string of the molecule is O=C(O)c1ccc(COc2ccc(-c3ccnn3C3CCCCO3)nc2)cc1. The summed E-state index contributed by atoms with van der Waals surface area (Å²) in [4.78, 5) is 15.4. The third-order valence-electron chi connectivity index (χ3n) is 4.70. The molecule has 7 nitrogen and oxygen atoms in total. The monoisotopic (exact) mass is 379 g/mol. The predicted molar refractivity (Wildman–Crippen MR) is 102 cm³/mol. The number of carbonyl (C=O) groups is 1. The minimum atomic E-state index is -0.940. The molecule has 1 aliphatic rings. The van der Waals surface area contributed by atoms with Crippen LogP contribution in [0, 0.1) is 0 Å². The van der Waals surface area contributed by atoms with E-state index in [-0.39, 0.29) is 11.8 Å². The Balaban J connectivity index is 1.42. The van der Waals surface area contributed by atoms with Gasteiger partial charge in [0.25, 0.3) is 0 Å². The molecule has 144 valence electrons. The molecule has 28 heavy (non-hydrogen) atoms. The molecule has 0 aliphatic carbocycles. The Morgan fingerprint density at radius 3 is 2.71 bits per heavy atom. The molecule has 1 aliphatic heterocycles. The Labute approximate surface area is 162 Å². The summed E-state index contributed by atoms with van der Waals surface area (Å²) in [6, 6.07) is 12.3. The van der Waals surface area contributed by atoms with Crippen LogP contribution in [0.15, 0.2) is 54.9 Å². The summed E-state index contributed by atoms with van der Waals surface area (Å²) in [5, 5.41) is 13.3. The summed E-state index contributed by atoms with van der Waals surface area (Å²) in [5.74, 6) is -0.295. The van der Waals surface area contributed by atoms with Crippen molar-refractivity contribution in [1.82, 2.24) is 14.8 Å². The zero-order valence-corrected chi connectivity index (χ0v) is 15.3. The molecule has 3 aromatic rings. The van der Waals surface area contributed by atoms with E-state index >= 15 is 0 Å². The summed E-state index contributed by atoms with van der Waals surface area (Å²) >= 11 is 0. The first-order valence-electron chi connectivity index (χ1n) is 9.27. The first-order chi connectivity index (χ1) is 13.7. The fraction of sp³-hybridized carbons (Fsp3) is 0.286. The van der Waals surface area contributed by atoms with Crippen LogP contribution in [0.5, 0.6) is 5.75 Å². The second-order valence-electron chi connectivity index (χ2n) is 6.65. The van der Waals surface area contributed by atoms with Gasteiger partial charge in [-0.05, 0) is 55.2 Å². The maximum absolute atomic E-state index is 10.9. The molecular weight excluding hydrogens is 358 g/mol. The number of aromatic nitrogens is 3. The normalized spacial score (nSPS) is 16.6. The predicted octanol–water partition coefficient (Wildman–Crippen LogP) is 3.92. The molecule has 4 rings (SSSR count). The molecule has 0 radical (unpaired) electrons. The number of ether oxygens (including phenoxy) is 2. The van der Waals surface area contributed by atoms with Crippen molar-refractivity contribution in [2.45, 2.75) is 32.1 Å². The highest BCUT2D eigenvalue weighted by molar-refractivity contribution is 5.87. The molecule has 2 aromatic heterocycles. The van der Waals surface area contributed by atoms with Crippen LogP contribution in [0.1, 0.15) is 41.4 Å². The fourth-order valence-electron chi connectivity index (χ4n) is 3.19. The molecular formula is C21H21N3O4. The molecule has 0 amide bonds. The zero-order chi connectivity index (χ0) is 19.3. The highest BCUT2D eigenvalue weighted by atomic mass is 16.5. The van der Waals surface area contributed by atoms with Gasteiger partial charge in [-0.25, -0.2) is 9.48 Å². The summed E-state index contributed by atoms with van der Waals surface area (Å²) in [7, 11) is 0. The van der Waals surface area contributed by atoms with Crippen molar-refractivity contribution in [1.29, 1.82) is 0 Å². The molecule has 3 heterocycles. The van der Waals surface area contributed by atoms with E-state index in [9.17, 15) is 4.79 Å². The van der Waals surface area contributed by atoms with Gasteiger partial charge in [0.2, 0.25) is 0 Å². The molecule has 1 atom stereocenters. The van der Waals surface area contributed by atoms with Crippen LogP contribution < -0.4 is 4.74 Å². The maximum Gasteiger partial charge on any atom is 0.335 e. The molecule has 0 bridgehead atoms. The molecule has 1 fully saturated rings. The lowest BCUT2D eigenvalue weighted by molar-refractivity contribution is -0.0384. The van der Waals surface area contributed by atoms with E-state index in [1.165, 1.54) is 0 Å². The lowest BCUT2D eigenvalue weighted by Crippen LogP contribution is -2.20. The number of rotatable bonds is 6. The van der Waals surface area contributed by atoms with Crippen molar-refractivity contribution < 1.29 is 19.4 Å². The number of pyridine rings is 1. The number of carboxylic acid groups (broad SMARTS) is 1. The first kappa shape index (κ1) is 18.2. The number of benzene rings is 1. The topological polar surface area (TPSA) is 86.5 Å². The second kappa shape index (κ2) is 8.22. The van der Waals surface area contributed by atoms with E-state index in [4.69, 9.17) is 14.6 Å². The number of hydrogen-bond acceptors (Lipinski definition) is 5. The highest BCUT2D eigenvalue weighted by Crippen LogP contribution is 2.28. The van der Waals surface area contributed by atoms with Crippen LogP contribution in [0.3, 0.4) is 0 Å². The second-order valence-corrected chi connectivity index (χ2v) is 6.65. The highest BCUT2D eigenvalue weighted by Gasteiger charge is 2.20. The minimum absolute atomic E-state index is 0.0368.